The summed E-state index contributed by atoms with van der Waals surface area (Å²) in [7, 11) is -2.11. The zero-order valence-corrected chi connectivity index (χ0v) is 22.3. The summed E-state index contributed by atoms with van der Waals surface area (Å²) in [6.45, 7) is 5.48. The molecule has 0 spiro atoms. The number of fused-ring (bicyclic) bond motifs is 1. The largest absolute Gasteiger partial charge is 0.496 e. The van der Waals surface area contributed by atoms with E-state index in [2.05, 4.69) is 10.0 Å². The number of aliphatic hydroxyl groups excluding tert-OH is 2. The predicted molar refractivity (Wildman–Crippen MR) is 138 cm³/mol. The molecule has 8 nitrogen and oxygen atoms in total. The molecule has 0 fully saturated rings. The SMILES string of the molecule is COc1c(C(C)(C)C)cc(N2C=CC(O)NC2O)c(F)c1-c1ccc2c(c1)CCC2(F)CNS(C)(=O)=O. The zero-order valence-electron chi connectivity index (χ0n) is 21.5. The summed E-state index contributed by atoms with van der Waals surface area (Å²) in [5.74, 6) is -0.338. The van der Waals surface area contributed by atoms with Gasteiger partial charge in [-0.15, -0.1) is 0 Å². The van der Waals surface area contributed by atoms with E-state index in [-0.39, 0.29) is 24.2 Å². The fourth-order valence-corrected chi connectivity index (χ4v) is 5.38. The van der Waals surface area contributed by atoms with Crippen molar-refractivity contribution in [3.63, 3.8) is 0 Å². The van der Waals surface area contributed by atoms with Crippen LogP contribution in [-0.4, -0.2) is 51.1 Å². The van der Waals surface area contributed by atoms with E-state index in [9.17, 15) is 18.6 Å². The third-order valence-corrected chi connectivity index (χ3v) is 7.45. The minimum atomic E-state index is -3.57. The van der Waals surface area contributed by atoms with E-state index in [0.717, 1.165) is 6.26 Å². The Morgan fingerprint density at radius 3 is 2.57 bits per heavy atom. The molecule has 0 amide bonds. The van der Waals surface area contributed by atoms with Crippen LogP contribution in [0.15, 0.2) is 36.5 Å². The second-order valence-corrected chi connectivity index (χ2v) is 12.4. The van der Waals surface area contributed by atoms with Crippen LogP contribution < -0.4 is 19.7 Å². The molecule has 1 aliphatic carbocycles. The van der Waals surface area contributed by atoms with Gasteiger partial charge in [0.2, 0.25) is 10.0 Å². The lowest BCUT2D eigenvalue weighted by Gasteiger charge is -2.34. The second-order valence-electron chi connectivity index (χ2n) is 10.6. The maximum Gasteiger partial charge on any atom is 0.208 e. The third-order valence-electron chi connectivity index (χ3n) is 6.78. The van der Waals surface area contributed by atoms with Gasteiger partial charge in [-0.1, -0.05) is 39.0 Å². The molecule has 0 bridgehead atoms. The smallest absolute Gasteiger partial charge is 0.208 e. The number of hydrogen-bond acceptors (Lipinski definition) is 7. The first-order valence-corrected chi connectivity index (χ1v) is 13.8. The summed E-state index contributed by atoms with van der Waals surface area (Å²) >= 11 is 0. The van der Waals surface area contributed by atoms with E-state index in [4.69, 9.17) is 4.74 Å². The molecule has 0 radical (unpaired) electrons. The maximum absolute atomic E-state index is 16.3. The molecule has 3 unspecified atom stereocenters. The van der Waals surface area contributed by atoms with Crippen LogP contribution in [0.25, 0.3) is 11.1 Å². The van der Waals surface area contributed by atoms with Gasteiger partial charge in [0.25, 0.3) is 0 Å². The number of benzene rings is 2. The number of hydrogen-bond donors (Lipinski definition) is 4. The van der Waals surface area contributed by atoms with Crippen molar-refractivity contribution in [2.45, 2.75) is 57.3 Å². The van der Waals surface area contributed by atoms with E-state index < -0.39 is 39.5 Å². The molecule has 3 atom stereocenters. The van der Waals surface area contributed by atoms with Gasteiger partial charge in [-0.25, -0.2) is 27.2 Å². The monoisotopic (exact) mass is 537 g/mol. The van der Waals surface area contributed by atoms with Gasteiger partial charge in [-0.05, 0) is 47.1 Å². The van der Waals surface area contributed by atoms with Gasteiger partial charge in [-0.3, -0.25) is 0 Å². The average molecular weight is 538 g/mol. The maximum atomic E-state index is 16.3. The summed E-state index contributed by atoms with van der Waals surface area (Å²) in [5, 5.41) is 22.8. The Labute approximate surface area is 216 Å². The highest BCUT2D eigenvalue weighted by molar-refractivity contribution is 7.88. The van der Waals surface area contributed by atoms with E-state index >= 15 is 8.78 Å². The van der Waals surface area contributed by atoms with Crippen LogP contribution in [-0.2, 0) is 27.5 Å². The normalized spacial score (nSPS) is 23.9. The van der Waals surface area contributed by atoms with Crippen LogP contribution >= 0.6 is 0 Å². The number of aliphatic hydroxyl groups is 2. The van der Waals surface area contributed by atoms with Gasteiger partial charge in [0.1, 0.15) is 17.6 Å². The Hall–Kier alpha value is -2.57. The topological polar surface area (TPSA) is 111 Å². The number of nitrogens with one attached hydrogen (secondary N) is 2. The van der Waals surface area contributed by atoms with Gasteiger partial charge in [-0.2, -0.15) is 0 Å². The molecular weight excluding hydrogens is 504 g/mol. The highest BCUT2D eigenvalue weighted by Crippen LogP contribution is 2.47. The molecule has 1 heterocycles. The first-order valence-electron chi connectivity index (χ1n) is 11.9. The number of ether oxygens (including phenoxy) is 1. The van der Waals surface area contributed by atoms with Crippen molar-refractivity contribution >= 4 is 15.7 Å². The molecule has 37 heavy (non-hydrogen) atoms. The molecular formula is C26H33F2N3O5S. The Morgan fingerprint density at radius 2 is 1.97 bits per heavy atom. The summed E-state index contributed by atoms with van der Waals surface area (Å²) < 4.78 is 63.0. The van der Waals surface area contributed by atoms with Crippen LogP contribution in [0.3, 0.4) is 0 Å². The van der Waals surface area contributed by atoms with Crippen LogP contribution in [0, 0.1) is 5.82 Å². The van der Waals surface area contributed by atoms with Crippen molar-refractivity contribution in [2.24, 2.45) is 0 Å². The molecule has 2 aromatic carbocycles. The molecule has 0 saturated heterocycles. The van der Waals surface area contributed by atoms with E-state index in [1.165, 1.54) is 24.3 Å². The van der Waals surface area contributed by atoms with E-state index in [1.807, 2.05) is 20.8 Å². The highest BCUT2D eigenvalue weighted by atomic mass is 32.2. The van der Waals surface area contributed by atoms with Crippen LogP contribution in [0.5, 0.6) is 5.75 Å². The van der Waals surface area contributed by atoms with Gasteiger partial charge >= 0.3 is 0 Å². The van der Waals surface area contributed by atoms with Gasteiger partial charge in [0.15, 0.2) is 12.2 Å². The average Bonchev–Trinajstić information content (AvgIpc) is 3.13. The summed E-state index contributed by atoms with van der Waals surface area (Å²) in [4.78, 5) is 1.27. The molecule has 2 aliphatic rings. The quantitative estimate of drug-likeness (QED) is 0.448. The van der Waals surface area contributed by atoms with Gasteiger partial charge in [0, 0.05) is 18.3 Å². The number of sulfonamides is 1. The van der Waals surface area contributed by atoms with Crippen molar-refractivity contribution in [2.75, 3.05) is 24.8 Å². The van der Waals surface area contributed by atoms with E-state index in [0.29, 0.717) is 34.4 Å². The Morgan fingerprint density at radius 1 is 1.27 bits per heavy atom. The highest BCUT2D eigenvalue weighted by Gasteiger charge is 2.40. The summed E-state index contributed by atoms with van der Waals surface area (Å²) in [5.41, 5.74) is 0.0605. The lowest BCUT2D eigenvalue weighted by molar-refractivity contribution is 0.0606. The number of aryl methyl sites for hydroxylation is 1. The molecule has 0 aromatic heterocycles. The molecule has 11 heteroatoms. The molecule has 4 N–H and O–H groups in total. The van der Waals surface area contributed by atoms with Crippen molar-refractivity contribution in [1.29, 1.82) is 0 Å². The van der Waals surface area contributed by atoms with Crippen molar-refractivity contribution in [3.8, 4) is 16.9 Å². The number of nitrogens with zero attached hydrogens (tertiary/aromatic N) is 1. The molecule has 2 aromatic rings. The molecule has 0 saturated carbocycles. The van der Waals surface area contributed by atoms with Crippen LogP contribution in [0.4, 0.5) is 14.5 Å². The standard InChI is InChI=1S/C26H33F2N3O5S/c1-25(2,3)18-13-19(31-11-9-20(32)30-24(31)33)22(27)21(23(18)36-4)16-6-7-17-15(12-16)8-10-26(17,28)14-29-37(5,34)35/h6-7,9,11-13,20,24,29-30,32-33H,8,10,14H2,1-5H3. The number of methoxy groups -OCH3 is 1. The van der Waals surface area contributed by atoms with Crippen molar-refractivity contribution in [3.05, 3.63) is 59.0 Å². The Kier molecular flexibility index (Phi) is 7.15. The first kappa shape index (κ1) is 27.5. The fraction of sp³-hybridized carbons (Fsp3) is 0.462. The van der Waals surface area contributed by atoms with Crippen molar-refractivity contribution < 1.29 is 32.1 Å². The lowest BCUT2D eigenvalue weighted by Crippen LogP contribution is -2.50. The number of rotatable bonds is 6. The van der Waals surface area contributed by atoms with Crippen molar-refractivity contribution in [1.82, 2.24) is 10.0 Å². The minimum absolute atomic E-state index is 0.0709. The third kappa shape index (κ3) is 5.37. The summed E-state index contributed by atoms with van der Waals surface area (Å²) in [6, 6.07) is 6.48. The molecule has 1 aliphatic heterocycles. The Bertz CT molecular complexity index is 1340. The molecule has 202 valence electrons. The second kappa shape index (κ2) is 9.63. The fourth-order valence-electron chi connectivity index (χ4n) is 4.89. The summed E-state index contributed by atoms with van der Waals surface area (Å²) in [6.07, 6.45) is 1.77. The minimum Gasteiger partial charge on any atom is -0.496 e. The number of anilines is 1. The van der Waals surface area contributed by atoms with E-state index in [1.54, 1.807) is 24.3 Å². The number of alkyl halides is 1. The van der Waals surface area contributed by atoms with Gasteiger partial charge in [0.05, 0.1) is 24.6 Å². The first-order chi connectivity index (χ1) is 17.1. The Balaban J connectivity index is 1.87. The van der Waals surface area contributed by atoms with Crippen LogP contribution in [0.1, 0.15) is 43.9 Å². The van der Waals surface area contributed by atoms with Crippen LogP contribution in [0.2, 0.25) is 0 Å². The van der Waals surface area contributed by atoms with Gasteiger partial charge < -0.3 is 19.8 Å². The molecule has 4 rings (SSSR count). The predicted octanol–water partition coefficient (Wildman–Crippen LogP) is 2.98. The lowest BCUT2D eigenvalue weighted by atomic mass is 9.83. The zero-order chi connectivity index (χ0) is 27.3. The number of halogens is 2.